The molecule has 0 radical (unpaired) electrons. The van der Waals surface area contributed by atoms with Crippen LogP contribution in [0.4, 0.5) is 0 Å². The molecule has 0 aromatic carbocycles. The van der Waals surface area contributed by atoms with Gasteiger partial charge in [0.15, 0.2) is 4.67 Å². The number of nitrogens with one attached hydrogen (secondary N) is 1. The van der Waals surface area contributed by atoms with Crippen LogP contribution in [0.15, 0.2) is 20.0 Å². The van der Waals surface area contributed by atoms with Gasteiger partial charge >= 0.3 is 0 Å². The molecule has 0 aliphatic carbocycles. The number of furan rings is 1. The molecule has 122 valence electrons. The molecule has 0 bridgehead atoms. The van der Waals surface area contributed by atoms with Gasteiger partial charge in [0.1, 0.15) is 10.7 Å². The molecule has 1 N–H and O–H groups in total. The summed E-state index contributed by atoms with van der Waals surface area (Å²) in [6, 6.07) is 1.60. The van der Waals surface area contributed by atoms with Crippen molar-refractivity contribution in [1.29, 1.82) is 0 Å². The second kappa shape index (κ2) is 8.31. The maximum atomic E-state index is 12.7. The zero-order valence-electron chi connectivity index (χ0n) is 13.1. The first-order valence-corrected chi connectivity index (χ1v) is 9.55. The van der Waals surface area contributed by atoms with Gasteiger partial charge in [-0.15, -0.1) is 0 Å². The van der Waals surface area contributed by atoms with Crippen LogP contribution in [0.1, 0.15) is 39.9 Å². The maximum absolute atomic E-state index is 12.7. The molecule has 0 fully saturated rings. The van der Waals surface area contributed by atoms with E-state index >= 15 is 0 Å². The fraction of sp³-hybridized carbons (Fsp3) is 0.714. The third-order valence-electron chi connectivity index (χ3n) is 2.97. The van der Waals surface area contributed by atoms with Crippen LogP contribution in [-0.2, 0) is 16.6 Å². The van der Waals surface area contributed by atoms with Crippen molar-refractivity contribution in [2.75, 3.05) is 19.6 Å². The lowest BCUT2D eigenvalue weighted by Gasteiger charge is -2.21. The Labute approximate surface area is 136 Å². The van der Waals surface area contributed by atoms with Crippen molar-refractivity contribution >= 4 is 26.0 Å². The Kier molecular flexibility index (Phi) is 7.39. The summed E-state index contributed by atoms with van der Waals surface area (Å²) in [4.78, 5) is 0.207. The number of halogens is 1. The predicted molar refractivity (Wildman–Crippen MR) is 87.7 cm³/mol. The van der Waals surface area contributed by atoms with E-state index in [9.17, 15) is 8.42 Å². The third kappa shape index (κ3) is 5.09. The van der Waals surface area contributed by atoms with E-state index in [2.05, 4.69) is 28.2 Å². The van der Waals surface area contributed by atoms with Gasteiger partial charge in [0, 0.05) is 19.2 Å². The van der Waals surface area contributed by atoms with E-state index in [0.29, 0.717) is 25.4 Å². The molecule has 1 aromatic rings. The minimum Gasteiger partial charge on any atom is -0.452 e. The summed E-state index contributed by atoms with van der Waals surface area (Å²) in [5, 5.41) is 3.20. The van der Waals surface area contributed by atoms with Gasteiger partial charge in [0.2, 0.25) is 10.0 Å². The molecule has 0 aliphatic rings. The number of rotatable bonds is 9. The molecule has 0 saturated heterocycles. The third-order valence-corrected chi connectivity index (χ3v) is 5.77. The molecule has 1 aromatic heterocycles. The van der Waals surface area contributed by atoms with Gasteiger partial charge in [-0.3, -0.25) is 0 Å². The molecule has 0 aliphatic heterocycles. The molecule has 0 amide bonds. The summed E-state index contributed by atoms with van der Waals surface area (Å²) in [6.45, 7) is 10.3. The quantitative estimate of drug-likeness (QED) is 0.668. The highest BCUT2D eigenvalue weighted by Crippen LogP contribution is 2.29. The van der Waals surface area contributed by atoms with Gasteiger partial charge in [-0.2, -0.15) is 4.31 Å². The summed E-state index contributed by atoms with van der Waals surface area (Å²) in [5.74, 6) is 0.894. The van der Waals surface area contributed by atoms with E-state index < -0.39 is 10.0 Å². The maximum Gasteiger partial charge on any atom is 0.247 e. The highest BCUT2D eigenvalue weighted by atomic mass is 79.9. The van der Waals surface area contributed by atoms with Gasteiger partial charge in [0.25, 0.3) is 0 Å². The Balaban J connectivity index is 2.96. The van der Waals surface area contributed by atoms with E-state index in [4.69, 9.17) is 4.42 Å². The average Bonchev–Trinajstić information content (AvgIpc) is 2.78. The predicted octanol–water partition coefficient (Wildman–Crippen LogP) is 3.21. The minimum absolute atomic E-state index is 0.207. The van der Waals surface area contributed by atoms with Crippen LogP contribution in [0.3, 0.4) is 0 Å². The molecule has 1 heterocycles. The summed E-state index contributed by atoms with van der Waals surface area (Å²) in [6.07, 6.45) is 1.02. The van der Waals surface area contributed by atoms with E-state index in [1.54, 1.807) is 6.07 Å². The average molecular weight is 381 g/mol. The first-order valence-electron chi connectivity index (χ1n) is 7.31. The van der Waals surface area contributed by atoms with Crippen LogP contribution in [0, 0.1) is 5.92 Å². The number of hydrogen-bond acceptors (Lipinski definition) is 4. The number of sulfonamides is 1. The zero-order valence-corrected chi connectivity index (χ0v) is 15.6. The highest BCUT2D eigenvalue weighted by Gasteiger charge is 2.28. The Morgan fingerprint density at radius 1 is 1.38 bits per heavy atom. The SMILES string of the molecule is CCCNCc1cc(S(=O)(=O)N(CC)CC(C)C)c(Br)o1. The van der Waals surface area contributed by atoms with Crippen molar-refractivity contribution in [3.8, 4) is 0 Å². The molecule has 5 nitrogen and oxygen atoms in total. The standard InChI is InChI=1S/C14H25BrN2O3S/c1-5-7-16-9-12-8-13(14(15)20-12)21(18,19)17(6-2)10-11(3)4/h8,11,16H,5-7,9-10H2,1-4H3. The summed E-state index contributed by atoms with van der Waals surface area (Å²) >= 11 is 3.23. The molecule has 7 heteroatoms. The van der Waals surface area contributed by atoms with Gasteiger partial charge in [0.05, 0.1) is 6.54 Å². The minimum atomic E-state index is -3.52. The van der Waals surface area contributed by atoms with Crippen molar-refractivity contribution in [3.05, 3.63) is 16.5 Å². The van der Waals surface area contributed by atoms with Crippen molar-refractivity contribution in [2.24, 2.45) is 5.92 Å². The van der Waals surface area contributed by atoms with Crippen molar-refractivity contribution < 1.29 is 12.8 Å². The first-order chi connectivity index (χ1) is 9.82. The smallest absolute Gasteiger partial charge is 0.247 e. The second-order valence-electron chi connectivity index (χ2n) is 5.38. The first kappa shape index (κ1) is 18.7. The van der Waals surface area contributed by atoms with Crippen LogP contribution >= 0.6 is 15.9 Å². The van der Waals surface area contributed by atoms with Crippen LogP contribution in [0.25, 0.3) is 0 Å². The van der Waals surface area contributed by atoms with Gasteiger partial charge in [-0.05, 0) is 34.8 Å². The monoisotopic (exact) mass is 380 g/mol. The fourth-order valence-electron chi connectivity index (χ4n) is 1.99. The van der Waals surface area contributed by atoms with E-state index in [1.165, 1.54) is 4.31 Å². The van der Waals surface area contributed by atoms with Crippen LogP contribution < -0.4 is 5.32 Å². The van der Waals surface area contributed by atoms with E-state index in [0.717, 1.165) is 13.0 Å². The lowest BCUT2D eigenvalue weighted by Crippen LogP contribution is -2.34. The second-order valence-corrected chi connectivity index (χ2v) is 8.00. The molecule has 21 heavy (non-hydrogen) atoms. The van der Waals surface area contributed by atoms with E-state index in [1.807, 2.05) is 20.8 Å². The number of hydrogen-bond donors (Lipinski definition) is 1. The Morgan fingerprint density at radius 3 is 2.57 bits per heavy atom. The molecular formula is C14H25BrN2O3S. The Hall–Kier alpha value is -0.370. The van der Waals surface area contributed by atoms with Gasteiger partial charge in [-0.1, -0.05) is 27.7 Å². The molecule has 0 atom stereocenters. The van der Waals surface area contributed by atoms with Crippen molar-refractivity contribution in [1.82, 2.24) is 9.62 Å². The lowest BCUT2D eigenvalue weighted by atomic mass is 10.2. The molecule has 0 saturated carbocycles. The van der Waals surface area contributed by atoms with Crippen LogP contribution in [-0.4, -0.2) is 32.4 Å². The number of nitrogens with zero attached hydrogens (tertiary/aromatic N) is 1. The van der Waals surface area contributed by atoms with Gasteiger partial charge < -0.3 is 9.73 Å². The fourth-order valence-corrected chi connectivity index (χ4v) is 4.57. The highest BCUT2D eigenvalue weighted by molar-refractivity contribution is 9.10. The molecule has 0 spiro atoms. The Bertz CT molecular complexity index is 540. The molecule has 1 rings (SSSR count). The molecular weight excluding hydrogens is 356 g/mol. The van der Waals surface area contributed by atoms with Gasteiger partial charge in [-0.25, -0.2) is 8.42 Å². The molecule has 0 unspecified atom stereocenters. The summed E-state index contributed by atoms with van der Waals surface area (Å²) in [5.41, 5.74) is 0. The normalized spacial score (nSPS) is 12.5. The largest absolute Gasteiger partial charge is 0.452 e. The topological polar surface area (TPSA) is 62.6 Å². The Morgan fingerprint density at radius 2 is 2.05 bits per heavy atom. The van der Waals surface area contributed by atoms with Crippen molar-refractivity contribution in [2.45, 2.75) is 45.6 Å². The lowest BCUT2D eigenvalue weighted by molar-refractivity contribution is 0.379. The van der Waals surface area contributed by atoms with Crippen LogP contribution in [0.5, 0.6) is 0 Å². The summed E-state index contributed by atoms with van der Waals surface area (Å²) < 4.78 is 32.6. The van der Waals surface area contributed by atoms with Crippen LogP contribution in [0.2, 0.25) is 0 Å². The summed E-state index contributed by atoms with van der Waals surface area (Å²) in [7, 11) is -3.52. The van der Waals surface area contributed by atoms with Crippen molar-refractivity contribution in [3.63, 3.8) is 0 Å². The zero-order chi connectivity index (χ0) is 16.0. The van der Waals surface area contributed by atoms with E-state index in [-0.39, 0.29) is 15.5 Å².